The van der Waals surface area contributed by atoms with Crippen LogP contribution in [0.15, 0.2) is 11.9 Å². The Morgan fingerprint density at radius 1 is 1.50 bits per heavy atom. The Labute approximate surface area is 55.6 Å². The van der Waals surface area contributed by atoms with Crippen LogP contribution in [-0.2, 0) is 0 Å². The zero-order chi connectivity index (χ0) is 8.15. The SMILES string of the molecule is C/C(=C/[N+](=O)[O-])N[N+](=O)[O-]. The molecular weight excluding hydrogens is 142 g/mol. The molecule has 0 saturated heterocycles. The summed E-state index contributed by atoms with van der Waals surface area (Å²) in [5.41, 5.74) is 1.50. The second-order valence-electron chi connectivity index (χ2n) is 1.47. The summed E-state index contributed by atoms with van der Waals surface area (Å²) in [4.78, 5) is 18.5. The molecule has 0 bridgehead atoms. The zero-order valence-electron chi connectivity index (χ0n) is 5.10. The molecule has 0 aliphatic rings. The Morgan fingerprint density at radius 2 is 2.00 bits per heavy atom. The van der Waals surface area contributed by atoms with Crippen molar-refractivity contribution >= 4 is 0 Å². The molecule has 0 heterocycles. The first-order chi connectivity index (χ1) is 4.52. The summed E-state index contributed by atoms with van der Waals surface area (Å²) >= 11 is 0. The van der Waals surface area contributed by atoms with Crippen LogP contribution in [-0.4, -0.2) is 9.96 Å². The van der Waals surface area contributed by atoms with Crippen LogP contribution in [0.4, 0.5) is 0 Å². The fraction of sp³-hybridized carbons (Fsp3) is 0.333. The zero-order valence-corrected chi connectivity index (χ0v) is 5.10. The molecule has 7 nitrogen and oxygen atoms in total. The molecule has 0 rings (SSSR count). The maximum Gasteiger partial charge on any atom is 0.258 e. The Hall–Kier alpha value is -1.66. The van der Waals surface area contributed by atoms with Gasteiger partial charge in [-0.3, -0.25) is 10.1 Å². The molecule has 0 spiro atoms. The van der Waals surface area contributed by atoms with Crippen molar-refractivity contribution in [3.05, 3.63) is 32.1 Å². The number of nitro groups is 2. The lowest BCUT2D eigenvalue weighted by molar-refractivity contribution is -0.537. The van der Waals surface area contributed by atoms with Crippen LogP contribution >= 0.6 is 0 Å². The molecule has 7 heteroatoms. The molecule has 0 atom stereocenters. The lowest BCUT2D eigenvalue weighted by Gasteiger charge is -1.89. The second kappa shape index (κ2) is 3.38. The van der Waals surface area contributed by atoms with Crippen molar-refractivity contribution in [1.82, 2.24) is 5.43 Å². The van der Waals surface area contributed by atoms with Gasteiger partial charge in [-0.2, -0.15) is 0 Å². The van der Waals surface area contributed by atoms with Gasteiger partial charge in [0.15, 0.2) is 5.03 Å². The van der Waals surface area contributed by atoms with E-state index >= 15 is 0 Å². The molecule has 56 valence electrons. The van der Waals surface area contributed by atoms with Gasteiger partial charge >= 0.3 is 0 Å². The quantitative estimate of drug-likeness (QED) is 0.444. The summed E-state index contributed by atoms with van der Waals surface area (Å²) in [6.45, 7) is 1.23. The molecule has 0 aromatic rings. The maximum absolute atomic E-state index is 9.66. The summed E-state index contributed by atoms with van der Waals surface area (Å²) in [5, 5.41) is 18.4. The minimum Gasteiger partial charge on any atom is -0.259 e. The first-order valence-corrected chi connectivity index (χ1v) is 2.25. The molecule has 1 N–H and O–H groups in total. The molecule has 0 saturated carbocycles. The number of allylic oxidation sites excluding steroid dienone is 1. The number of rotatable bonds is 3. The summed E-state index contributed by atoms with van der Waals surface area (Å²) in [5.74, 6) is 0. The van der Waals surface area contributed by atoms with Gasteiger partial charge in [-0.05, 0) is 6.92 Å². The average Bonchev–Trinajstić information content (AvgIpc) is 1.58. The van der Waals surface area contributed by atoms with E-state index in [0.29, 0.717) is 6.20 Å². The molecule has 0 radical (unpaired) electrons. The molecule has 0 aromatic heterocycles. The standard InChI is InChI=1S/C3H5N3O4/c1-3(2-5(7)8)4-6(9)10/h2,4H,1H3/b3-2-. The van der Waals surface area contributed by atoms with E-state index in [4.69, 9.17) is 0 Å². The number of hydrazine groups is 1. The fourth-order valence-electron chi connectivity index (χ4n) is 0.331. The van der Waals surface area contributed by atoms with E-state index in [2.05, 4.69) is 0 Å². The van der Waals surface area contributed by atoms with E-state index in [0.717, 1.165) is 0 Å². The summed E-state index contributed by atoms with van der Waals surface area (Å²) < 4.78 is 0. The maximum atomic E-state index is 9.66. The van der Waals surface area contributed by atoms with E-state index in [1.165, 1.54) is 6.92 Å². The van der Waals surface area contributed by atoms with E-state index in [9.17, 15) is 20.2 Å². The Balaban J connectivity index is 3.95. The molecule has 0 amide bonds. The van der Waals surface area contributed by atoms with E-state index in [1.54, 1.807) is 5.43 Å². The third-order valence-electron chi connectivity index (χ3n) is 0.567. The van der Waals surface area contributed by atoms with Gasteiger partial charge in [0.1, 0.15) is 5.70 Å². The number of nitrogens with one attached hydrogen (secondary N) is 1. The first-order valence-electron chi connectivity index (χ1n) is 2.25. The van der Waals surface area contributed by atoms with Crippen molar-refractivity contribution < 1.29 is 9.96 Å². The highest BCUT2D eigenvalue weighted by molar-refractivity contribution is 4.84. The predicted octanol–water partition coefficient (Wildman–Crippen LogP) is -0.0943. The molecule has 0 aliphatic heterocycles. The summed E-state index contributed by atoms with van der Waals surface area (Å²) in [7, 11) is 0. The van der Waals surface area contributed by atoms with Gasteiger partial charge in [0.2, 0.25) is 0 Å². The van der Waals surface area contributed by atoms with Gasteiger partial charge < -0.3 is 0 Å². The molecule has 0 unspecified atom stereocenters. The summed E-state index contributed by atoms with van der Waals surface area (Å²) in [6, 6.07) is 0. The van der Waals surface area contributed by atoms with E-state index in [1.807, 2.05) is 0 Å². The number of hydrogen-bond acceptors (Lipinski definition) is 4. The number of nitrogens with zero attached hydrogens (tertiary/aromatic N) is 2. The minimum atomic E-state index is -0.866. The normalized spacial score (nSPS) is 10.7. The fourth-order valence-corrected chi connectivity index (χ4v) is 0.331. The Kier molecular flexibility index (Phi) is 2.82. The Bertz CT molecular complexity index is 186. The van der Waals surface area contributed by atoms with Crippen LogP contribution in [0.2, 0.25) is 0 Å². The highest BCUT2D eigenvalue weighted by Gasteiger charge is 1.99. The van der Waals surface area contributed by atoms with E-state index in [-0.39, 0.29) is 5.70 Å². The molecule has 0 fully saturated rings. The Morgan fingerprint density at radius 3 is 2.30 bits per heavy atom. The van der Waals surface area contributed by atoms with Crippen LogP contribution in [0.25, 0.3) is 0 Å². The smallest absolute Gasteiger partial charge is 0.258 e. The minimum absolute atomic E-state index is 0.116. The van der Waals surface area contributed by atoms with Gasteiger partial charge in [0.05, 0.1) is 4.92 Å². The summed E-state index contributed by atoms with van der Waals surface area (Å²) in [6.07, 6.45) is 0.517. The topological polar surface area (TPSA) is 98.3 Å². The van der Waals surface area contributed by atoms with Gasteiger partial charge in [-0.25, -0.2) is 10.1 Å². The van der Waals surface area contributed by atoms with Crippen LogP contribution in [0.3, 0.4) is 0 Å². The van der Waals surface area contributed by atoms with Crippen molar-refractivity contribution in [3.63, 3.8) is 0 Å². The van der Waals surface area contributed by atoms with E-state index < -0.39 is 9.96 Å². The van der Waals surface area contributed by atoms with Crippen LogP contribution in [0, 0.1) is 20.2 Å². The lowest BCUT2D eigenvalue weighted by atomic mass is 10.6. The third-order valence-corrected chi connectivity index (χ3v) is 0.567. The largest absolute Gasteiger partial charge is 0.259 e. The van der Waals surface area contributed by atoms with Crippen molar-refractivity contribution in [2.75, 3.05) is 0 Å². The van der Waals surface area contributed by atoms with Gasteiger partial charge in [-0.1, -0.05) is 0 Å². The molecular formula is C3H5N3O4. The highest BCUT2D eigenvalue weighted by atomic mass is 16.7. The van der Waals surface area contributed by atoms with Crippen LogP contribution in [0.5, 0.6) is 0 Å². The van der Waals surface area contributed by atoms with Gasteiger partial charge in [0.25, 0.3) is 6.20 Å². The first kappa shape index (κ1) is 8.34. The molecule has 0 aliphatic carbocycles. The van der Waals surface area contributed by atoms with Crippen LogP contribution in [0.1, 0.15) is 6.92 Å². The van der Waals surface area contributed by atoms with Gasteiger partial charge in [0, 0.05) is 0 Å². The molecule has 0 aromatic carbocycles. The van der Waals surface area contributed by atoms with Gasteiger partial charge in [-0.15, -0.1) is 5.43 Å². The second-order valence-corrected chi connectivity index (χ2v) is 1.47. The third kappa shape index (κ3) is 4.50. The number of hydrogen-bond donors (Lipinski definition) is 1. The monoisotopic (exact) mass is 147 g/mol. The van der Waals surface area contributed by atoms with Crippen LogP contribution < -0.4 is 5.43 Å². The predicted molar refractivity (Wildman–Crippen MR) is 30.9 cm³/mol. The van der Waals surface area contributed by atoms with Crippen molar-refractivity contribution in [2.45, 2.75) is 6.92 Å². The highest BCUT2D eigenvalue weighted by Crippen LogP contribution is 1.84. The lowest BCUT2D eigenvalue weighted by Crippen LogP contribution is -2.19. The molecule has 10 heavy (non-hydrogen) atoms. The van der Waals surface area contributed by atoms with Crippen molar-refractivity contribution in [2.24, 2.45) is 0 Å². The average molecular weight is 147 g/mol. The van der Waals surface area contributed by atoms with Crippen molar-refractivity contribution in [3.8, 4) is 0 Å². The van der Waals surface area contributed by atoms with Crippen molar-refractivity contribution in [1.29, 1.82) is 0 Å².